The molecule has 3 aromatic rings. The summed E-state index contributed by atoms with van der Waals surface area (Å²) in [6.45, 7) is 5.03. The zero-order valence-corrected chi connectivity index (χ0v) is 12.5. The summed E-state index contributed by atoms with van der Waals surface area (Å²) >= 11 is 0. The van der Waals surface area contributed by atoms with Crippen molar-refractivity contribution in [2.45, 2.75) is 13.8 Å². The molecular weight excluding hydrogens is 262 g/mol. The zero-order valence-electron chi connectivity index (χ0n) is 12.5. The second kappa shape index (κ2) is 5.44. The topological polar surface area (TPSA) is 45.5 Å². The number of hydrogen-bond donors (Lipinski definition) is 1. The molecular formula is C16H19N5. The lowest BCUT2D eigenvalue weighted by Crippen LogP contribution is -2.19. The van der Waals surface area contributed by atoms with Gasteiger partial charge in [0, 0.05) is 31.7 Å². The van der Waals surface area contributed by atoms with Crippen molar-refractivity contribution in [1.29, 1.82) is 0 Å². The van der Waals surface area contributed by atoms with Crippen LogP contribution in [-0.2, 0) is 0 Å². The summed E-state index contributed by atoms with van der Waals surface area (Å²) in [4.78, 5) is 11.3. The first kappa shape index (κ1) is 13.4. The van der Waals surface area contributed by atoms with Crippen molar-refractivity contribution < 1.29 is 0 Å². The Morgan fingerprint density at radius 2 is 2.00 bits per heavy atom. The van der Waals surface area contributed by atoms with Crippen molar-refractivity contribution in [3.05, 3.63) is 48.4 Å². The van der Waals surface area contributed by atoms with Crippen molar-refractivity contribution in [1.82, 2.24) is 14.4 Å². The van der Waals surface area contributed by atoms with Crippen LogP contribution in [0.4, 0.5) is 17.3 Å². The van der Waals surface area contributed by atoms with Gasteiger partial charge in [0.15, 0.2) is 11.5 Å². The fourth-order valence-electron chi connectivity index (χ4n) is 2.40. The lowest BCUT2D eigenvalue weighted by molar-refractivity contribution is 0.975. The van der Waals surface area contributed by atoms with Crippen LogP contribution in [0.2, 0.25) is 0 Å². The second-order valence-electron chi connectivity index (χ2n) is 4.94. The largest absolute Gasteiger partial charge is 0.372 e. The number of hydrogen-bond acceptors (Lipinski definition) is 4. The number of anilines is 3. The summed E-state index contributed by atoms with van der Waals surface area (Å²) in [5, 5.41) is 3.10. The molecule has 0 aliphatic heterocycles. The lowest BCUT2D eigenvalue weighted by atomic mass is 10.2. The number of nitrogens with zero attached hydrogens (tertiary/aromatic N) is 4. The molecule has 2 aromatic heterocycles. The normalized spacial score (nSPS) is 10.8. The molecule has 1 aromatic carbocycles. The molecule has 0 fully saturated rings. The fraction of sp³-hybridized carbons (Fsp3) is 0.250. The standard InChI is InChI=1S/C16H19N5/c1-4-21(13-7-5-12(2)6-8-13)16-15-18-9-10-20(15)11-14(17-3)19-16/h5-11,17H,4H2,1-3H3. The van der Waals surface area contributed by atoms with E-state index in [2.05, 4.69) is 53.3 Å². The third kappa shape index (κ3) is 2.42. The molecule has 0 unspecified atom stereocenters. The third-order valence-corrected chi connectivity index (χ3v) is 3.53. The van der Waals surface area contributed by atoms with Crippen LogP contribution < -0.4 is 10.2 Å². The Morgan fingerprint density at radius 3 is 2.67 bits per heavy atom. The van der Waals surface area contributed by atoms with Gasteiger partial charge < -0.3 is 14.6 Å². The summed E-state index contributed by atoms with van der Waals surface area (Å²) in [5.41, 5.74) is 3.22. The van der Waals surface area contributed by atoms with Gasteiger partial charge in [-0.3, -0.25) is 0 Å². The summed E-state index contributed by atoms with van der Waals surface area (Å²) in [6, 6.07) is 8.46. The van der Waals surface area contributed by atoms with Crippen LogP contribution in [0.3, 0.4) is 0 Å². The minimum Gasteiger partial charge on any atom is -0.372 e. The van der Waals surface area contributed by atoms with Gasteiger partial charge in [-0.25, -0.2) is 9.97 Å². The molecule has 0 saturated heterocycles. The first-order chi connectivity index (χ1) is 10.2. The van der Waals surface area contributed by atoms with Gasteiger partial charge >= 0.3 is 0 Å². The summed E-state index contributed by atoms with van der Waals surface area (Å²) in [5.74, 6) is 1.68. The number of aryl methyl sites for hydroxylation is 1. The highest BCUT2D eigenvalue weighted by molar-refractivity contribution is 5.73. The molecule has 0 atom stereocenters. The van der Waals surface area contributed by atoms with Gasteiger partial charge in [-0.1, -0.05) is 17.7 Å². The average molecular weight is 281 g/mol. The molecule has 0 spiro atoms. The summed E-state index contributed by atoms with van der Waals surface area (Å²) in [7, 11) is 1.87. The van der Waals surface area contributed by atoms with E-state index in [1.807, 2.05) is 23.8 Å². The molecule has 0 bridgehead atoms. The van der Waals surface area contributed by atoms with E-state index in [9.17, 15) is 0 Å². The Morgan fingerprint density at radius 1 is 1.24 bits per heavy atom. The first-order valence-corrected chi connectivity index (χ1v) is 7.08. The Hall–Kier alpha value is -2.56. The van der Waals surface area contributed by atoms with E-state index >= 15 is 0 Å². The molecule has 2 heterocycles. The highest BCUT2D eigenvalue weighted by atomic mass is 15.2. The molecule has 5 nitrogen and oxygen atoms in total. The molecule has 108 valence electrons. The second-order valence-corrected chi connectivity index (χ2v) is 4.94. The van der Waals surface area contributed by atoms with Gasteiger partial charge in [0.2, 0.25) is 0 Å². The van der Waals surface area contributed by atoms with Crippen molar-refractivity contribution >= 4 is 23.0 Å². The molecule has 0 radical (unpaired) electrons. The minimum absolute atomic E-state index is 0.820. The van der Waals surface area contributed by atoms with Crippen LogP contribution in [0.5, 0.6) is 0 Å². The predicted molar refractivity (Wildman–Crippen MR) is 86.4 cm³/mol. The summed E-state index contributed by atoms with van der Waals surface area (Å²) in [6.07, 6.45) is 5.67. The van der Waals surface area contributed by atoms with Gasteiger partial charge in [0.25, 0.3) is 0 Å². The molecule has 0 aliphatic rings. The van der Waals surface area contributed by atoms with Gasteiger partial charge in [0.05, 0.1) is 6.20 Å². The number of imidazole rings is 1. The Balaban J connectivity index is 2.15. The molecule has 1 N–H and O–H groups in total. The maximum atomic E-state index is 4.69. The number of benzene rings is 1. The molecule has 5 heteroatoms. The predicted octanol–water partition coefficient (Wildman–Crippen LogP) is 3.24. The van der Waals surface area contributed by atoms with Crippen LogP contribution in [0.15, 0.2) is 42.9 Å². The highest BCUT2D eigenvalue weighted by Gasteiger charge is 2.15. The van der Waals surface area contributed by atoms with Crippen molar-refractivity contribution in [3.8, 4) is 0 Å². The quantitative estimate of drug-likeness (QED) is 0.797. The maximum absolute atomic E-state index is 4.69. The SMILES string of the molecule is CCN(c1ccc(C)cc1)c1nc(NC)cn2ccnc12. The van der Waals surface area contributed by atoms with E-state index in [0.29, 0.717) is 0 Å². The third-order valence-electron chi connectivity index (χ3n) is 3.53. The van der Waals surface area contributed by atoms with Gasteiger partial charge in [0.1, 0.15) is 5.82 Å². The van der Waals surface area contributed by atoms with Gasteiger partial charge in [-0.2, -0.15) is 0 Å². The van der Waals surface area contributed by atoms with Crippen LogP contribution in [-0.4, -0.2) is 28.0 Å². The molecule has 0 amide bonds. The number of nitrogens with one attached hydrogen (secondary N) is 1. The number of aromatic nitrogens is 3. The van der Waals surface area contributed by atoms with E-state index in [1.54, 1.807) is 6.20 Å². The van der Waals surface area contributed by atoms with E-state index < -0.39 is 0 Å². The monoisotopic (exact) mass is 281 g/mol. The fourth-order valence-corrected chi connectivity index (χ4v) is 2.40. The van der Waals surface area contributed by atoms with Crippen LogP contribution >= 0.6 is 0 Å². The number of rotatable bonds is 4. The van der Waals surface area contributed by atoms with Crippen molar-refractivity contribution in [2.75, 3.05) is 23.8 Å². The van der Waals surface area contributed by atoms with Crippen LogP contribution in [0.1, 0.15) is 12.5 Å². The highest BCUT2D eigenvalue weighted by Crippen LogP contribution is 2.28. The van der Waals surface area contributed by atoms with E-state index in [1.165, 1.54) is 5.56 Å². The average Bonchev–Trinajstić information content (AvgIpc) is 2.98. The van der Waals surface area contributed by atoms with Gasteiger partial charge in [-0.15, -0.1) is 0 Å². The molecule has 0 aliphatic carbocycles. The molecule has 21 heavy (non-hydrogen) atoms. The lowest BCUT2D eigenvalue weighted by Gasteiger charge is -2.23. The molecule has 0 saturated carbocycles. The Labute approximate surface area is 124 Å². The number of fused-ring (bicyclic) bond motifs is 1. The summed E-state index contributed by atoms with van der Waals surface area (Å²) < 4.78 is 1.99. The van der Waals surface area contributed by atoms with Crippen LogP contribution in [0, 0.1) is 6.92 Å². The van der Waals surface area contributed by atoms with E-state index in [4.69, 9.17) is 4.98 Å². The minimum atomic E-state index is 0.820. The van der Waals surface area contributed by atoms with Crippen molar-refractivity contribution in [3.63, 3.8) is 0 Å². The maximum Gasteiger partial charge on any atom is 0.180 e. The molecule has 3 rings (SSSR count). The van der Waals surface area contributed by atoms with Gasteiger partial charge in [-0.05, 0) is 26.0 Å². The van der Waals surface area contributed by atoms with E-state index in [0.717, 1.165) is 29.5 Å². The van der Waals surface area contributed by atoms with E-state index in [-0.39, 0.29) is 0 Å². The Kier molecular flexibility index (Phi) is 3.48. The smallest absolute Gasteiger partial charge is 0.180 e. The van der Waals surface area contributed by atoms with Crippen LogP contribution in [0.25, 0.3) is 5.65 Å². The zero-order chi connectivity index (χ0) is 14.8. The van der Waals surface area contributed by atoms with Crippen molar-refractivity contribution in [2.24, 2.45) is 0 Å². The first-order valence-electron chi connectivity index (χ1n) is 7.08. The Bertz CT molecular complexity index is 745.